The summed E-state index contributed by atoms with van der Waals surface area (Å²) in [5.41, 5.74) is 0.823. The number of carbonyl (C=O) groups is 1. The molecule has 0 aliphatic carbocycles. The Kier molecular flexibility index (Phi) is 2.87. The molecule has 0 unspecified atom stereocenters. The topological polar surface area (TPSA) is 55.8 Å². The van der Waals surface area contributed by atoms with Crippen molar-refractivity contribution in [3.63, 3.8) is 0 Å². The van der Waals surface area contributed by atoms with Crippen LogP contribution >= 0.6 is 0 Å². The Labute approximate surface area is 75.6 Å². The molecule has 0 saturated heterocycles. The van der Waals surface area contributed by atoms with E-state index in [1.54, 1.807) is 19.1 Å². The standard InChI is InChI=1S/C9H10O4/c1-6-4-3-5-7(9(10)11)8(6)13-12-2/h3-5H,1-2H3,(H,10,11). The Hall–Kier alpha value is -1.55. The summed E-state index contributed by atoms with van der Waals surface area (Å²) in [4.78, 5) is 19.9. The summed E-state index contributed by atoms with van der Waals surface area (Å²) < 4.78 is 0. The van der Waals surface area contributed by atoms with Crippen molar-refractivity contribution in [3.8, 4) is 5.75 Å². The first-order valence-electron chi connectivity index (χ1n) is 3.70. The predicted molar refractivity (Wildman–Crippen MR) is 45.8 cm³/mol. The number of carboxylic acids is 1. The fourth-order valence-electron chi connectivity index (χ4n) is 1.01. The van der Waals surface area contributed by atoms with Crippen LogP contribution in [0.4, 0.5) is 0 Å². The van der Waals surface area contributed by atoms with Crippen LogP contribution in [0.25, 0.3) is 0 Å². The zero-order chi connectivity index (χ0) is 9.84. The van der Waals surface area contributed by atoms with Crippen molar-refractivity contribution in [2.45, 2.75) is 6.92 Å². The van der Waals surface area contributed by atoms with Gasteiger partial charge in [-0.3, -0.25) is 0 Å². The normalized spacial score (nSPS) is 9.69. The maximum Gasteiger partial charge on any atom is 0.339 e. The molecule has 0 atom stereocenters. The van der Waals surface area contributed by atoms with Crippen LogP contribution in [0.2, 0.25) is 0 Å². The molecule has 1 aromatic rings. The van der Waals surface area contributed by atoms with Gasteiger partial charge in [0.05, 0.1) is 7.11 Å². The Morgan fingerprint density at radius 3 is 2.69 bits per heavy atom. The fraction of sp³-hybridized carbons (Fsp3) is 0.222. The third-order valence-electron chi connectivity index (χ3n) is 1.61. The zero-order valence-electron chi connectivity index (χ0n) is 7.40. The highest BCUT2D eigenvalue weighted by Crippen LogP contribution is 2.23. The van der Waals surface area contributed by atoms with Crippen LogP contribution in [0.1, 0.15) is 15.9 Å². The lowest BCUT2D eigenvalue weighted by Crippen LogP contribution is -2.03. The monoisotopic (exact) mass is 182 g/mol. The Morgan fingerprint density at radius 2 is 2.15 bits per heavy atom. The van der Waals surface area contributed by atoms with E-state index in [1.165, 1.54) is 13.2 Å². The highest BCUT2D eigenvalue weighted by Gasteiger charge is 2.13. The van der Waals surface area contributed by atoms with Crippen LogP contribution in [0, 0.1) is 6.92 Å². The van der Waals surface area contributed by atoms with Crippen LogP contribution in [-0.2, 0) is 4.89 Å². The molecule has 0 fully saturated rings. The minimum absolute atomic E-state index is 0.0989. The molecule has 1 aromatic carbocycles. The Morgan fingerprint density at radius 1 is 1.46 bits per heavy atom. The average molecular weight is 182 g/mol. The molecular weight excluding hydrogens is 172 g/mol. The van der Waals surface area contributed by atoms with Gasteiger partial charge in [-0.1, -0.05) is 12.1 Å². The van der Waals surface area contributed by atoms with Gasteiger partial charge in [-0.05, 0) is 18.6 Å². The molecule has 0 spiro atoms. The number of carboxylic acid groups (broad SMARTS) is 1. The van der Waals surface area contributed by atoms with Gasteiger partial charge in [0.15, 0.2) is 5.75 Å². The van der Waals surface area contributed by atoms with E-state index in [9.17, 15) is 4.79 Å². The molecule has 4 heteroatoms. The highest BCUT2D eigenvalue weighted by molar-refractivity contribution is 5.91. The van der Waals surface area contributed by atoms with E-state index in [2.05, 4.69) is 4.89 Å². The van der Waals surface area contributed by atoms with E-state index in [1.807, 2.05) is 0 Å². The first-order valence-corrected chi connectivity index (χ1v) is 3.70. The van der Waals surface area contributed by atoms with E-state index in [-0.39, 0.29) is 11.3 Å². The van der Waals surface area contributed by atoms with Gasteiger partial charge >= 0.3 is 5.97 Å². The van der Waals surface area contributed by atoms with E-state index in [4.69, 9.17) is 9.99 Å². The van der Waals surface area contributed by atoms with Crippen molar-refractivity contribution in [3.05, 3.63) is 29.3 Å². The minimum atomic E-state index is -1.03. The van der Waals surface area contributed by atoms with Crippen molar-refractivity contribution in [1.29, 1.82) is 0 Å². The molecule has 0 aliphatic heterocycles. The SMILES string of the molecule is COOc1c(C)cccc1C(=O)O. The van der Waals surface area contributed by atoms with Crippen LogP contribution in [0.3, 0.4) is 0 Å². The van der Waals surface area contributed by atoms with Gasteiger partial charge in [-0.25, -0.2) is 4.79 Å². The summed E-state index contributed by atoms with van der Waals surface area (Å²) in [6, 6.07) is 4.87. The Balaban J connectivity index is 3.17. The lowest BCUT2D eigenvalue weighted by Gasteiger charge is -2.07. The smallest absolute Gasteiger partial charge is 0.339 e. The first-order chi connectivity index (χ1) is 6.16. The molecule has 0 aromatic heterocycles. The Bertz CT molecular complexity index is 319. The maximum atomic E-state index is 10.7. The molecule has 0 amide bonds. The molecule has 0 saturated carbocycles. The second-order valence-electron chi connectivity index (χ2n) is 2.51. The molecule has 0 radical (unpaired) electrons. The predicted octanol–water partition coefficient (Wildman–Crippen LogP) is 1.63. The van der Waals surface area contributed by atoms with Crippen LogP contribution in [0.5, 0.6) is 5.75 Å². The van der Waals surface area contributed by atoms with Crippen LogP contribution in [0.15, 0.2) is 18.2 Å². The number of benzene rings is 1. The number of aryl methyl sites for hydroxylation is 1. The number of rotatable bonds is 3. The second-order valence-corrected chi connectivity index (χ2v) is 2.51. The molecule has 13 heavy (non-hydrogen) atoms. The van der Waals surface area contributed by atoms with Crippen molar-refractivity contribution in [1.82, 2.24) is 0 Å². The summed E-state index contributed by atoms with van der Waals surface area (Å²) in [6.07, 6.45) is 0. The summed E-state index contributed by atoms with van der Waals surface area (Å²) >= 11 is 0. The average Bonchev–Trinajstić information content (AvgIpc) is 2.08. The minimum Gasteiger partial charge on any atom is -0.478 e. The lowest BCUT2D eigenvalue weighted by molar-refractivity contribution is -0.178. The molecular formula is C9H10O4. The summed E-state index contributed by atoms with van der Waals surface area (Å²) in [6.45, 7) is 1.75. The van der Waals surface area contributed by atoms with E-state index >= 15 is 0 Å². The highest BCUT2D eigenvalue weighted by atomic mass is 17.2. The number of para-hydroxylation sites is 1. The van der Waals surface area contributed by atoms with Gasteiger partial charge in [-0.2, -0.15) is 4.89 Å². The van der Waals surface area contributed by atoms with Crippen molar-refractivity contribution >= 4 is 5.97 Å². The van der Waals surface area contributed by atoms with Crippen molar-refractivity contribution in [2.75, 3.05) is 7.11 Å². The maximum absolute atomic E-state index is 10.7. The van der Waals surface area contributed by atoms with E-state index < -0.39 is 5.97 Å². The third kappa shape index (κ3) is 1.97. The largest absolute Gasteiger partial charge is 0.478 e. The quantitative estimate of drug-likeness (QED) is 0.570. The first kappa shape index (κ1) is 9.54. The fourth-order valence-corrected chi connectivity index (χ4v) is 1.01. The zero-order valence-corrected chi connectivity index (χ0v) is 7.40. The summed E-state index contributed by atoms with van der Waals surface area (Å²) in [5, 5.41) is 8.78. The molecule has 70 valence electrons. The summed E-state index contributed by atoms with van der Waals surface area (Å²) in [5.74, 6) is -0.784. The number of hydrogen-bond donors (Lipinski definition) is 1. The van der Waals surface area contributed by atoms with Gasteiger partial charge in [0, 0.05) is 0 Å². The van der Waals surface area contributed by atoms with Crippen LogP contribution in [-0.4, -0.2) is 18.2 Å². The molecule has 0 aliphatic rings. The molecule has 1 N–H and O–H groups in total. The van der Waals surface area contributed by atoms with Gasteiger partial charge in [0.2, 0.25) is 0 Å². The third-order valence-corrected chi connectivity index (χ3v) is 1.61. The lowest BCUT2D eigenvalue weighted by atomic mass is 10.1. The van der Waals surface area contributed by atoms with Crippen LogP contribution < -0.4 is 4.89 Å². The number of hydrogen-bond acceptors (Lipinski definition) is 3. The summed E-state index contributed by atoms with van der Waals surface area (Å²) in [7, 11) is 1.33. The van der Waals surface area contributed by atoms with E-state index in [0.717, 1.165) is 5.56 Å². The van der Waals surface area contributed by atoms with Gasteiger partial charge in [-0.15, -0.1) is 0 Å². The van der Waals surface area contributed by atoms with Crippen molar-refractivity contribution < 1.29 is 19.7 Å². The second kappa shape index (κ2) is 3.91. The number of aromatic carboxylic acids is 1. The molecule has 0 heterocycles. The molecule has 4 nitrogen and oxygen atoms in total. The van der Waals surface area contributed by atoms with E-state index in [0.29, 0.717) is 0 Å². The molecule has 0 bridgehead atoms. The van der Waals surface area contributed by atoms with Crippen molar-refractivity contribution in [2.24, 2.45) is 0 Å². The van der Waals surface area contributed by atoms with Gasteiger partial charge in [0.25, 0.3) is 0 Å². The van der Waals surface area contributed by atoms with Gasteiger partial charge in [0.1, 0.15) is 5.56 Å². The van der Waals surface area contributed by atoms with Gasteiger partial charge < -0.3 is 9.99 Å². The molecule has 1 rings (SSSR count).